The lowest BCUT2D eigenvalue weighted by molar-refractivity contribution is -0.139. The highest BCUT2D eigenvalue weighted by Crippen LogP contribution is 2.13. The quantitative estimate of drug-likeness (QED) is 0.801. The zero-order chi connectivity index (χ0) is 15.1. The molecule has 0 aromatic heterocycles. The van der Waals surface area contributed by atoms with E-state index in [0.29, 0.717) is 13.1 Å². The van der Waals surface area contributed by atoms with Gasteiger partial charge < -0.3 is 15.4 Å². The van der Waals surface area contributed by atoms with Crippen molar-refractivity contribution in [2.45, 2.75) is 31.8 Å². The largest absolute Gasteiger partial charge is 0.376 e. The third kappa shape index (κ3) is 4.86. The van der Waals surface area contributed by atoms with Gasteiger partial charge in [0.25, 0.3) is 0 Å². The Balaban J connectivity index is 1.69. The summed E-state index contributed by atoms with van der Waals surface area (Å²) in [6, 6.07) is 9.89. The Morgan fingerprint density at radius 2 is 1.95 bits per heavy atom. The molecule has 2 atom stereocenters. The first kappa shape index (κ1) is 15.5. The van der Waals surface area contributed by atoms with E-state index in [0.717, 1.165) is 25.0 Å². The summed E-state index contributed by atoms with van der Waals surface area (Å²) in [5.74, 6) is -1.01. The van der Waals surface area contributed by atoms with Gasteiger partial charge in [0.2, 0.25) is 0 Å². The number of amides is 2. The van der Waals surface area contributed by atoms with Gasteiger partial charge in [0, 0.05) is 19.7 Å². The van der Waals surface area contributed by atoms with Crippen LogP contribution in [-0.4, -0.2) is 37.6 Å². The minimum absolute atomic E-state index is 0.0463. The average molecular weight is 290 g/mol. The number of hydrogen-bond acceptors (Lipinski definition) is 3. The van der Waals surface area contributed by atoms with Gasteiger partial charge >= 0.3 is 11.8 Å². The van der Waals surface area contributed by atoms with E-state index in [1.165, 1.54) is 0 Å². The van der Waals surface area contributed by atoms with Crippen LogP contribution in [0.3, 0.4) is 0 Å². The molecule has 2 N–H and O–H groups in total. The third-order valence-electron chi connectivity index (χ3n) is 3.66. The molecule has 0 spiro atoms. The van der Waals surface area contributed by atoms with Crippen LogP contribution < -0.4 is 10.6 Å². The molecule has 0 unspecified atom stereocenters. The predicted octanol–water partition coefficient (Wildman–Crippen LogP) is 1.20. The summed E-state index contributed by atoms with van der Waals surface area (Å²) in [4.78, 5) is 23.4. The molecule has 1 aliphatic heterocycles. The Labute approximate surface area is 125 Å². The lowest BCUT2D eigenvalue weighted by Crippen LogP contribution is -2.43. The Bertz CT molecular complexity index is 470. The fourth-order valence-corrected chi connectivity index (χ4v) is 2.32. The van der Waals surface area contributed by atoms with E-state index in [1.54, 1.807) is 0 Å². The second-order valence-electron chi connectivity index (χ2n) is 5.37. The molecule has 2 amide bonds. The lowest BCUT2D eigenvalue weighted by Gasteiger charge is -2.14. The Morgan fingerprint density at radius 1 is 1.24 bits per heavy atom. The molecule has 0 aliphatic carbocycles. The van der Waals surface area contributed by atoms with Crippen LogP contribution in [-0.2, 0) is 14.3 Å². The Kier molecular flexibility index (Phi) is 5.75. The Hall–Kier alpha value is -1.88. The second-order valence-corrected chi connectivity index (χ2v) is 5.37. The third-order valence-corrected chi connectivity index (χ3v) is 3.66. The summed E-state index contributed by atoms with van der Waals surface area (Å²) in [6.07, 6.45) is 2.00. The highest BCUT2D eigenvalue weighted by atomic mass is 16.5. The fourth-order valence-electron chi connectivity index (χ4n) is 2.32. The maximum atomic E-state index is 11.7. The van der Waals surface area contributed by atoms with Gasteiger partial charge in [-0.1, -0.05) is 37.3 Å². The monoisotopic (exact) mass is 290 g/mol. The SMILES string of the molecule is C[C@@H](CNC(=O)C(=O)NC[C@@H]1CCCO1)c1ccccc1. The van der Waals surface area contributed by atoms with Crippen molar-refractivity contribution in [3.8, 4) is 0 Å². The molecule has 0 saturated carbocycles. The van der Waals surface area contributed by atoms with E-state index in [9.17, 15) is 9.59 Å². The van der Waals surface area contributed by atoms with Crippen LogP contribution in [0.5, 0.6) is 0 Å². The highest BCUT2D eigenvalue weighted by molar-refractivity contribution is 6.35. The molecular weight excluding hydrogens is 268 g/mol. The number of ether oxygens (including phenoxy) is 1. The zero-order valence-electron chi connectivity index (χ0n) is 12.3. The van der Waals surface area contributed by atoms with E-state index in [-0.39, 0.29) is 12.0 Å². The molecule has 21 heavy (non-hydrogen) atoms. The van der Waals surface area contributed by atoms with Crippen LogP contribution in [0.15, 0.2) is 30.3 Å². The topological polar surface area (TPSA) is 67.4 Å². The summed E-state index contributed by atoms with van der Waals surface area (Å²) in [6.45, 7) is 3.60. The first-order valence-corrected chi connectivity index (χ1v) is 7.39. The van der Waals surface area contributed by atoms with E-state index in [4.69, 9.17) is 4.74 Å². The van der Waals surface area contributed by atoms with Gasteiger partial charge in [-0.3, -0.25) is 9.59 Å². The molecule has 1 saturated heterocycles. The van der Waals surface area contributed by atoms with Crippen LogP contribution in [0, 0.1) is 0 Å². The zero-order valence-corrected chi connectivity index (χ0v) is 12.3. The van der Waals surface area contributed by atoms with Crippen LogP contribution in [0.2, 0.25) is 0 Å². The molecule has 0 radical (unpaired) electrons. The molecular formula is C16H22N2O3. The number of benzene rings is 1. The maximum Gasteiger partial charge on any atom is 0.309 e. The molecule has 5 nitrogen and oxygen atoms in total. The molecule has 1 aliphatic rings. The van der Waals surface area contributed by atoms with Gasteiger partial charge in [0.05, 0.1) is 6.10 Å². The van der Waals surface area contributed by atoms with Gasteiger partial charge in [-0.25, -0.2) is 0 Å². The number of hydrogen-bond donors (Lipinski definition) is 2. The maximum absolute atomic E-state index is 11.7. The molecule has 1 fully saturated rings. The van der Waals surface area contributed by atoms with Crippen LogP contribution in [0.1, 0.15) is 31.2 Å². The van der Waals surface area contributed by atoms with Gasteiger partial charge in [-0.05, 0) is 24.3 Å². The lowest BCUT2D eigenvalue weighted by atomic mass is 10.0. The van der Waals surface area contributed by atoms with Crippen LogP contribution >= 0.6 is 0 Å². The molecule has 5 heteroatoms. The first-order valence-electron chi connectivity index (χ1n) is 7.39. The molecule has 2 rings (SSSR count). The van der Waals surface area contributed by atoms with Crippen LogP contribution in [0.4, 0.5) is 0 Å². The Morgan fingerprint density at radius 3 is 2.62 bits per heavy atom. The smallest absolute Gasteiger partial charge is 0.309 e. The summed E-state index contributed by atoms with van der Waals surface area (Å²) in [5.41, 5.74) is 1.14. The van der Waals surface area contributed by atoms with Crippen molar-refractivity contribution in [3.05, 3.63) is 35.9 Å². The van der Waals surface area contributed by atoms with Gasteiger partial charge in [-0.15, -0.1) is 0 Å². The molecule has 1 heterocycles. The second kappa shape index (κ2) is 7.78. The summed E-state index contributed by atoms with van der Waals surface area (Å²) in [5, 5.41) is 5.28. The summed E-state index contributed by atoms with van der Waals surface area (Å²) in [7, 11) is 0. The first-order chi connectivity index (χ1) is 10.2. The van der Waals surface area contributed by atoms with Gasteiger partial charge in [0.1, 0.15) is 0 Å². The number of carbonyl (C=O) groups excluding carboxylic acids is 2. The van der Waals surface area contributed by atoms with E-state index in [1.807, 2.05) is 37.3 Å². The van der Waals surface area contributed by atoms with Crippen molar-refractivity contribution < 1.29 is 14.3 Å². The van der Waals surface area contributed by atoms with Crippen molar-refractivity contribution in [1.82, 2.24) is 10.6 Å². The molecule has 0 bridgehead atoms. The van der Waals surface area contributed by atoms with Crippen molar-refractivity contribution >= 4 is 11.8 Å². The van der Waals surface area contributed by atoms with E-state index < -0.39 is 11.8 Å². The number of rotatable bonds is 5. The fraction of sp³-hybridized carbons (Fsp3) is 0.500. The normalized spacial score (nSPS) is 19.0. The van der Waals surface area contributed by atoms with E-state index >= 15 is 0 Å². The van der Waals surface area contributed by atoms with E-state index in [2.05, 4.69) is 10.6 Å². The van der Waals surface area contributed by atoms with Crippen LogP contribution in [0.25, 0.3) is 0 Å². The molecule has 1 aromatic carbocycles. The minimum Gasteiger partial charge on any atom is -0.376 e. The number of nitrogens with one attached hydrogen (secondary N) is 2. The number of carbonyl (C=O) groups is 2. The van der Waals surface area contributed by atoms with Crippen molar-refractivity contribution in [3.63, 3.8) is 0 Å². The van der Waals surface area contributed by atoms with Crippen molar-refractivity contribution in [2.75, 3.05) is 19.7 Å². The van der Waals surface area contributed by atoms with Crippen molar-refractivity contribution in [2.24, 2.45) is 0 Å². The standard InChI is InChI=1S/C16H22N2O3/c1-12(13-6-3-2-4-7-13)10-17-15(19)16(20)18-11-14-8-5-9-21-14/h2-4,6-7,12,14H,5,8-11H2,1H3,(H,17,19)(H,18,20)/t12-,14-/m0/s1. The summed E-state index contributed by atoms with van der Waals surface area (Å²) < 4.78 is 5.39. The minimum atomic E-state index is -0.592. The van der Waals surface area contributed by atoms with Gasteiger partial charge in [-0.2, -0.15) is 0 Å². The van der Waals surface area contributed by atoms with Crippen molar-refractivity contribution in [1.29, 1.82) is 0 Å². The molecule has 114 valence electrons. The molecule has 1 aromatic rings. The van der Waals surface area contributed by atoms with Gasteiger partial charge in [0.15, 0.2) is 0 Å². The average Bonchev–Trinajstić information content (AvgIpc) is 3.04. The highest BCUT2D eigenvalue weighted by Gasteiger charge is 2.19. The predicted molar refractivity (Wildman–Crippen MR) is 79.9 cm³/mol. The summed E-state index contributed by atoms with van der Waals surface area (Å²) >= 11 is 0.